The summed E-state index contributed by atoms with van der Waals surface area (Å²) in [5.41, 5.74) is 13.6. The number of hydrogen-bond acceptors (Lipinski definition) is 6. The van der Waals surface area contributed by atoms with E-state index in [0.717, 1.165) is 37.1 Å². The Bertz CT molecular complexity index is 742. The maximum atomic E-state index is 12.0. The number of nitrogens with one attached hydrogen (secondary N) is 4. The van der Waals surface area contributed by atoms with Crippen LogP contribution in [0.2, 0.25) is 0 Å². The standard InChI is InChI=1S/C26H46N8O2/c27-23(15-21-17-29-19-33-21)25(35)31-13-11-9-7-5-3-1-2-4-6-8-10-12-14-32-26(36)24(28)16-22-18-30-20-34-22/h17-20,23-24H,1-16,27-28H2,(H,29,33)(H,30,34)(H,31,35)(H,32,36). The number of rotatable bonds is 21. The zero-order valence-corrected chi connectivity index (χ0v) is 21.6. The molecule has 8 N–H and O–H groups in total. The Labute approximate surface area is 215 Å². The highest BCUT2D eigenvalue weighted by Crippen LogP contribution is 2.12. The van der Waals surface area contributed by atoms with Crippen molar-refractivity contribution in [3.63, 3.8) is 0 Å². The number of amides is 2. The van der Waals surface area contributed by atoms with Crippen LogP contribution in [0.25, 0.3) is 0 Å². The Morgan fingerprint density at radius 3 is 1.28 bits per heavy atom. The van der Waals surface area contributed by atoms with Crippen molar-refractivity contribution in [3.8, 4) is 0 Å². The van der Waals surface area contributed by atoms with Crippen LogP contribution in [0.3, 0.4) is 0 Å². The first kappa shape index (κ1) is 29.5. The van der Waals surface area contributed by atoms with E-state index in [0.29, 0.717) is 25.9 Å². The molecular weight excluding hydrogens is 456 g/mol. The highest BCUT2D eigenvalue weighted by Gasteiger charge is 2.14. The highest BCUT2D eigenvalue weighted by molar-refractivity contribution is 5.82. The maximum Gasteiger partial charge on any atom is 0.237 e. The largest absolute Gasteiger partial charge is 0.355 e. The summed E-state index contributed by atoms with van der Waals surface area (Å²) in [4.78, 5) is 37.8. The van der Waals surface area contributed by atoms with Gasteiger partial charge in [-0.3, -0.25) is 9.59 Å². The Kier molecular flexibility index (Phi) is 15.2. The second kappa shape index (κ2) is 18.5. The second-order valence-electron chi connectivity index (χ2n) is 9.60. The third kappa shape index (κ3) is 13.4. The SMILES string of the molecule is NC(Cc1cnc[nH]1)C(=O)NCCCCCCCCCCCCCCNC(=O)C(N)Cc1cnc[nH]1. The Hall–Kier alpha value is -2.72. The van der Waals surface area contributed by atoms with Gasteiger partial charge in [-0.15, -0.1) is 0 Å². The molecule has 0 aliphatic heterocycles. The van der Waals surface area contributed by atoms with Crippen LogP contribution in [0.5, 0.6) is 0 Å². The molecule has 0 spiro atoms. The minimum Gasteiger partial charge on any atom is -0.355 e. The summed E-state index contributed by atoms with van der Waals surface area (Å²) in [6.45, 7) is 1.38. The van der Waals surface area contributed by atoms with Gasteiger partial charge < -0.3 is 32.1 Å². The summed E-state index contributed by atoms with van der Waals surface area (Å²) in [6.07, 6.45) is 21.9. The van der Waals surface area contributed by atoms with Gasteiger partial charge in [0.15, 0.2) is 0 Å². The van der Waals surface area contributed by atoms with E-state index in [-0.39, 0.29) is 11.8 Å². The predicted molar refractivity (Wildman–Crippen MR) is 142 cm³/mol. The fraction of sp³-hybridized carbons (Fsp3) is 0.692. The van der Waals surface area contributed by atoms with Gasteiger partial charge in [0.1, 0.15) is 0 Å². The fourth-order valence-electron chi connectivity index (χ4n) is 4.16. The van der Waals surface area contributed by atoms with Gasteiger partial charge in [-0.1, -0.05) is 64.2 Å². The van der Waals surface area contributed by atoms with Gasteiger partial charge in [0.2, 0.25) is 11.8 Å². The lowest BCUT2D eigenvalue weighted by molar-refractivity contribution is -0.123. The number of hydrogen-bond donors (Lipinski definition) is 6. The van der Waals surface area contributed by atoms with Gasteiger partial charge in [-0.2, -0.15) is 0 Å². The average Bonchev–Trinajstić information content (AvgIpc) is 3.58. The summed E-state index contributed by atoms with van der Waals surface area (Å²) >= 11 is 0. The monoisotopic (exact) mass is 502 g/mol. The van der Waals surface area contributed by atoms with E-state index in [1.807, 2.05) is 0 Å². The van der Waals surface area contributed by atoms with Crippen molar-refractivity contribution in [2.24, 2.45) is 11.5 Å². The van der Waals surface area contributed by atoms with Crippen LogP contribution in [0.15, 0.2) is 25.0 Å². The van der Waals surface area contributed by atoms with Crippen molar-refractivity contribution < 1.29 is 9.59 Å². The third-order valence-corrected chi connectivity index (χ3v) is 6.36. The first-order chi connectivity index (χ1) is 17.6. The number of nitrogens with two attached hydrogens (primary N) is 2. The lowest BCUT2D eigenvalue weighted by Gasteiger charge is -2.11. The normalized spacial score (nSPS) is 12.8. The van der Waals surface area contributed by atoms with Crippen LogP contribution < -0.4 is 22.1 Å². The number of carbonyl (C=O) groups excluding carboxylic acids is 2. The third-order valence-electron chi connectivity index (χ3n) is 6.36. The molecule has 2 heterocycles. The van der Waals surface area contributed by atoms with Crippen LogP contribution in [0.1, 0.15) is 88.4 Å². The van der Waals surface area contributed by atoms with Crippen molar-refractivity contribution >= 4 is 11.8 Å². The molecular formula is C26H46N8O2. The van der Waals surface area contributed by atoms with E-state index in [4.69, 9.17) is 11.5 Å². The minimum absolute atomic E-state index is 0.0974. The molecule has 0 saturated carbocycles. The van der Waals surface area contributed by atoms with E-state index in [9.17, 15) is 9.59 Å². The first-order valence-electron chi connectivity index (χ1n) is 13.6. The molecule has 0 aliphatic rings. The Morgan fingerprint density at radius 2 is 0.972 bits per heavy atom. The molecule has 0 radical (unpaired) electrons. The lowest BCUT2D eigenvalue weighted by atomic mass is 10.0. The van der Waals surface area contributed by atoms with Crippen molar-refractivity contribution in [3.05, 3.63) is 36.4 Å². The van der Waals surface area contributed by atoms with Crippen LogP contribution >= 0.6 is 0 Å². The molecule has 202 valence electrons. The van der Waals surface area contributed by atoms with E-state index in [1.54, 1.807) is 25.0 Å². The molecule has 0 bridgehead atoms. The molecule has 10 nitrogen and oxygen atoms in total. The van der Waals surface area contributed by atoms with Crippen LogP contribution in [-0.2, 0) is 22.4 Å². The molecule has 2 unspecified atom stereocenters. The topological polar surface area (TPSA) is 168 Å². The number of H-pyrrole nitrogens is 2. The van der Waals surface area contributed by atoms with Gasteiger partial charge in [0.25, 0.3) is 0 Å². The molecule has 10 heteroatoms. The van der Waals surface area contributed by atoms with Gasteiger partial charge in [0, 0.05) is 49.7 Å². The van der Waals surface area contributed by atoms with Gasteiger partial charge in [-0.05, 0) is 12.8 Å². The van der Waals surface area contributed by atoms with Crippen LogP contribution in [0.4, 0.5) is 0 Å². The Balaban J connectivity index is 1.28. The van der Waals surface area contributed by atoms with E-state index >= 15 is 0 Å². The summed E-state index contributed by atoms with van der Waals surface area (Å²) < 4.78 is 0. The Morgan fingerprint density at radius 1 is 0.639 bits per heavy atom. The number of unbranched alkanes of at least 4 members (excludes halogenated alkanes) is 11. The number of imidazole rings is 2. The van der Waals surface area contributed by atoms with Crippen LogP contribution in [0, 0.1) is 0 Å². The zero-order chi connectivity index (χ0) is 25.8. The first-order valence-corrected chi connectivity index (χ1v) is 13.6. The lowest BCUT2D eigenvalue weighted by Crippen LogP contribution is -2.42. The molecule has 2 aromatic rings. The number of aromatic amines is 2. The molecule has 0 fully saturated rings. The molecule has 0 aromatic carbocycles. The van der Waals surface area contributed by atoms with E-state index in [1.165, 1.54) is 51.4 Å². The molecule has 2 atom stereocenters. The summed E-state index contributed by atoms with van der Waals surface area (Å²) in [5, 5.41) is 5.86. The quantitative estimate of drug-likeness (QED) is 0.143. The molecule has 0 aliphatic carbocycles. The molecule has 2 aromatic heterocycles. The number of nitrogens with zero attached hydrogens (tertiary/aromatic N) is 2. The average molecular weight is 503 g/mol. The highest BCUT2D eigenvalue weighted by atomic mass is 16.2. The summed E-state index contributed by atoms with van der Waals surface area (Å²) in [5.74, 6) is -0.195. The van der Waals surface area contributed by atoms with E-state index < -0.39 is 12.1 Å². The fourth-order valence-corrected chi connectivity index (χ4v) is 4.16. The number of aromatic nitrogens is 4. The smallest absolute Gasteiger partial charge is 0.237 e. The van der Waals surface area contributed by atoms with Gasteiger partial charge in [0.05, 0.1) is 24.7 Å². The van der Waals surface area contributed by atoms with E-state index in [2.05, 4.69) is 30.6 Å². The minimum atomic E-state index is -0.534. The summed E-state index contributed by atoms with van der Waals surface area (Å²) in [7, 11) is 0. The molecule has 0 saturated heterocycles. The number of carbonyl (C=O) groups is 2. The summed E-state index contributed by atoms with van der Waals surface area (Å²) in [6, 6.07) is -1.07. The van der Waals surface area contributed by atoms with Gasteiger partial charge >= 0.3 is 0 Å². The molecule has 36 heavy (non-hydrogen) atoms. The molecule has 2 amide bonds. The van der Waals surface area contributed by atoms with Crippen molar-refractivity contribution in [1.82, 2.24) is 30.6 Å². The van der Waals surface area contributed by atoms with Crippen molar-refractivity contribution in [1.29, 1.82) is 0 Å². The molecule has 2 rings (SSSR count). The van der Waals surface area contributed by atoms with Crippen LogP contribution in [-0.4, -0.2) is 56.9 Å². The van der Waals surface area contributed by atoms with Gasteiger partial charge in [-0.25, -0.2) is 9.97 Å². The second-order valence-corrected chi connectivity index (χ2v) is 9.60. The van der Waals surface area contributed by atoms with Crippen molar-refractivity contribution in [2.75, 3.05) is 13.1 Å². The zero-order valence-electron chi connectivity index (χ0n) is 21.6. The maximum absolute atomic E-state index is 12.0. The predicted octanol–water partition coefficient (Wildman–Crippen LogP) is 2.49. The van der Waals surface area contributed by atoms with Crippen molar-refractivity contribution in [2.45, 2.75) is 102 Å².